The van der Waals surface area contributed by atoms with Crippen molar-refractivity contribution in [1.82, 2.24) is 4.91 Å². The van der Waals surface area contributed by atoms with Gasteiger partial charge in [0.2, 0.25) is 10.0 Å². The van der Waals surface area contributed by atoms with Gasteiger partial charge in [0.15, 0.2) is 0 Å². The Balaban J connectivity index is 1.80. The van der Waals surface area contributed by atoms with Crippen LogP contribution in [0.5, 0.6) is 0 Å². The Bertz CT molecular complexity index is 1330. The number of amides is 1. The summed E-state index contributed by atoms with van der Waals surface area (Å²) in [6.45, 7) is 2.02. The first-order chi connectivity index (χ1) is 16.2. The molecule has 0 saturated heterocycles. The van der Waals surface area contributed by atoms with Crippen molar-refractivity contribution in [3.8, 4) is 0 Å². The Kier molecular flexibility index (Phi) is 8.54. The third-order valence-electron chi connectivity index (χ3n) is 4.51. The number of nitro groups is 1. The van der Waals surface area contributed by atoms with Crippen LogP contribution in [0.4, 0.5) is 22.7 Å². The number of carbonyl (C=O) groups excluding carboxylic acids is 1. The molecule has 3 aromatic rings. The van der Waals surface area contributed by atoms with E-state index in [0.29, 0.717) is 11.4 Å². The van der Waals surface area contributed by atoms with Gasteiger partial charge in [-0.2, -0.15) is 0 Å². The van der Waals surface area contributed by atoms with Gasteiger partial charge in [-0.3, -0.25) is 24.2 Å². The van der Waals surface area contributed by atoms with E-state index in [2.05, 4.69) is 47.8 Å². The smallest absolute Gasteiger partial charge is 0.355 e. The second kappa shape index (κ2) is 11.6. The van der Waals surface area contributed by atoms with E-state index in [9.17, 15) is 19.1 Å². The van der Waals surface area contributed by atoms with Gasteiger partial charge in [-0.25, -0.2) is 4.21 Å². The van der Waals surface area contributed by atoms with Crippen molar-refractivity contribution < 1.29 is 18.5 Å². The number of benzene rings is 3. The molecular weight excluding hydrogens is 575 g/mol. The van der Waals surface area contributed by atoms with E-state index in [-0.39, 0.29) is 17.8 Å². The molecule has 0 saturated carbocycles. The molecule has 13 heteroatoms. The van der Waals surface area contributed by atoms with Gasteiger partial charge in [0.25, 0.3) is 17.0 Å². The highest BCUT2D eigenvalue weighted by Crippen LogP contribution is 2.28. The number of anilines is 3. The molecule has 34 heavy (non-hydrogen) atoms. The maximum atomic E-state index is 12.7. The maximum absolute atomic E-state index is 12.7. The van der Waals surface area contributed by atoms with E-state index in [1.54, 1.807) is 24.3 Å². The molecule has 0 heterocycles. The topological polar surface area (TPSA) is 160 Å². The minimum atomic E-state index is -2.17. The Labute approximate surface area is 210 Å². The van der Waals surface area contributed by atoms with Crippen molar-refractivity contribution in [3.63, 3.8) is 0 Å². The van der Waals surface area contributed by atoms with Crippen molar-refractivity contribution in [2.24, 2.45) is 10.2 Å². The van der Waals surface area contributed by atoms with Crippen molar-refractivity contribution in [2.75, 3.05) is 10.0 Å². The molecule has 0 aliphatic carbocycles. The molecule has 0 aliphatic rings. The van der Waals surface area contributed by atoms with Crippen molar-refractivity contribution in [2.45, 2.75) is 13.5 Å². The van der Waals surface area contributed by atoms with Gasteiger partial charge in [0.1, 0.15) is 11.7 Å². The van der Waals surface area contributed by atoms with Gasteiger partial charge in [0, 0.05) is 27.1 Å². The number of hydrogen-bond acceptors (Lipinski definition) is 6. The first-order valence-electron chi connectivity index (χ1n) is 9.63. The summed E-state index contributed by atoms with van der Waals surface area (Å²) in [6.07, 6.45) is 0. The fraction of sp³-hybridized carbons (Fsp3) is 0.0952. The molecule has 1 atom stereocenters. The summed E-state index contributed by atoms with van der Waals surface area (Å²) in [6, 6.07) is 16.1. The molecule has 0 fully saturated rings. The van der Waals surface area contributed by atoms with Gasteiger partial charge in [-0.15, -0.1) is 0 Å². The lowest BCUT2D eigenvalue weighted by Gasteiger charge is -2.11. The van der Waals surface area contributed by atoms with Gasteiger partial charge < -0.3 is 5.32 Å². The third kappa shape index (κ3) is 6.99. The molecule has 11 nitrogen and oxygen atoms in total. The Morgan fingerprint density at radius 3 is 2.50 bits per heavy atom. The van der Waals surface area contributed by atoms with Gasteiger partial charge >= 0.3 is 5.91 Å². The molecule has 174 valence electrons. The highest BCUT2D eigenvalue weighted by Gasteiger charge is 2.20. The normalized spacial score (nSPS) is 11.1. The highest BCUT2D eigenvalue weighted by molar-refractivity contribution is 14.1. The number of aryl methyl sites for hydroxylation is 1. The highest BCUT2D eigenvalue weighted by atomic mass is 127. The standard InChI is InChI=1S/C21H17IN6O5S/c1-13-10-15(22)4-8-19(13)24-20-9-7-17(28(30)31)11-18(20)21(29)25-27-23-12-14-2-5-16(6-3-14)26-34(32)33/h2-11,26H,12H2,1H3,(H-,24,29,32,33)/p+1. The van der Waals surface area contributed by atoms with Crippen LogP contribution < -0.4 is 15.0 Å². The Hall–Kier alpha value is -3.52. The van der Waals surface area contributed by atoms with Gasteiger partial charge in [0.05, 0.1) is 16.2 Å². The van der Waals surface area contributed by atoms with Gasteiger partial charge in [-0.05, 0) is 77.0 Å². The minimum absolute atomic E-state index is 0.0152. The molecule has 3 rings (SSSR count). The summed E-state index contributed by atoms with van der Waals surface area (Å²) in [5, 5.41) is 21.7. The monoisotopic (exact) mass is 593 g/mol. The number of carbonyl (C=O) groups is 1. The minimum Gasteiger partial charge on any atom is -0.355 e. The van der Waals surface area contributed by atoms with Crippen LogP contribution in [0.1, 0.15) is 21.5 Å². The number of non-ortho nitro benzene ring substituents is 1. The van der Waals surface area contributed by atoms with Gasteiger partial charge in [-0.1, -0.05) is 12.1 Å². The molecule has 0 aromatic heterocycles. The largest absolute Gasteiger partial charge is 0.363 e. The van der Waals surface area contributed by atoms with E-state index in [0.717, 1.165) is 26.5 Å². The summed E-state index contributed by atoms with van der Waals surface area (Å²) in [5.41, 5.74) is 2.95. The van der Waals surface area contributed by atoms with Crippen LogP contribution in [-0.4, -0.2) is 19.6 Å². The second-order valence-electron chi connectivity index (χ2n) is 6.91. The van der Waals surface area contributed by atoms with Crippen LogP contribution in [0.25, 0.3) is 0 Å². The summed E-state index contributed by atoms with van der Waals surface area (Å²) < 4.78 is 22.9. The fourth-order valence-electron chi connectivity index (χ4n) is 2.86. The van der Waals surface area contributed by atoms with Crippen LogP contribution >= 0.6 is 22.6 Å². The first kappa shape index (κ1) is 25.1. The molecular formula is C21H18IN6O5S+. The van der Waals surface area contributed by atoms with Crippen LogP contribution in [0, 0.1) is 20.6 Å². The molecule has 0 bridgehead atoms. The summed E-state index contributed by atoms with van der Waals surface area (Å²) >= 11 is 0.0227. The molecule has 3 N–H and O–H groups in total. The lowest BCUT2D eigenvalue weighted by molar-refractivity contribution is -0.384. The van der Waals surface area contributed by atoms with Crippen LogP contribution in [0.2, 0.25) is 0 Å². The number of rotatable bonds is 8. The summed E-state index contributed by atoms with van der Waals surface area (Å²) in [7, 11) is 0. The van der Waals surface area contributed by atoms with Crippen LogP contribution in [-0.2, 0) is 17.8 Å². The number of nitrogens with one attached hydrogen (secondary N) is 2. The first-order valence-corrected chi connectivity index (χ1v) is 11.8. The lowest BCUT2D eigenvalue weighted by Crippen LogP contribution is -2.04. The molecule has 0 radical (unpaired) electrons. The Morgan fingerprint density at radius 2 is 1.85 bits per heavy atom. The molecule has 3 aromatic carbocycles. The number of nitrogens with zero attached hydrogens (tertiary/aromatic N) is 4. The molecule has 1 amide bonds. The zero-order chi connectivity index (χ0) is 24.7. The zero-order valence-electron chi connectivity index (χ0n) is 17.6. The molecule has 0 spiro atoms. The fourth-order valence-corrected chi connectivity index (χ4v) is 3.85. The summed E-state index contributed by atoms with van der Waals surface area (Å²) in [4.78, 5) is 26.9. The van der Waals surface area contributed by atoms with E-state index in [1.165, 1.54) is 12.1 Å². The number of hydrogen-bond donors (Lipinski definition) is 3. The maximum Gasteiger partial charge on any atom is 0.363 e. The number of nitro benzene ring substituents is 1. The summed E-state index contributed by atoms with van der Waals surface area (Å²) in [5.74, 6) is -0.789. The van der Waals surface area contributed by atoms with Crippen LogP contribution in [0.3, 0.4) is 0 Å². The van der Waals surface area contributed by atoms with Crippen LogP contribution in [0.15, 0.2) is 70.9 Å². The van der Waals surface area contributed by atoms with Crippen molar-refractivity contribution in [3.05, 3.63) is 91.0 Å². The predicted octanol–water partition coefficient (Wildman–Crippen LogP) is 5.11. The van der Waals surface area contributed by atoms with Crippen molar-refractivity contribution >= 4 is 62.5 Å². The number of halogens is 1. The van der Waals surface area contributed by atoms with E-state index >= 15 is 0 Å². The van der Waals surface area contributed by atoms with E-state index in [1.807, 2.05) is 25.1 Å². The SMILES string of the molecule is Cc1cc(I)ccc1Nc1ccc([N+](=O)[O-])cc1C(=O)N=[N+]=NCc1ccc(NS(=O)O)cc1. The zero-order valence-corrected chi connectivity index (χ0v) is 20.6. The van der Waals surface area contributed by atoms with E-state index < -0.39 is 22.1 Å². The second-order valence-corrected chi connectivity index (χ2v) is 8.86. The molecule has 0 aliphatic heterocycles. The molecule has 1 unspecified atom stereocenters. The Morgan fingerprint density at radius 1 is 1.15 bits per heavy atom. The predicted molar refractivity (Wildman–Crippen MR) is 136 cm³/mol. The lowest BCUT2D eigenvalue weighted by atomic mass is 10.1. The average molecular weight is 593 g/mol. The quantitative estimate of drug-likeness (QED) is 0.0822. The average Bonchev–Trinajstić information content (AvgIpc) is 2.79. The van der Waals surface area contributed by atoms with E-state index in [4.69, 9.17) is 4.55 Å². The van der Waals surface area contributed by atoms with Crippen molar-refractivity contribution in [1.29, 1.82) is 0 Å². The third-order valence-corrected chi connectivity index (χ3v) is 5.59.